The van der Waals surface area contributed by atoms with Crippen molar-refractivity contribution in [2.24, 2.45) is 0 Å². The Hall–Kier alpha value is -2.24. The second kappa shape index (κ2) is 8.74. The van der Waals surface area contributed by atoms with Crippen molar-refractivity contribution < 1.29 is 24.5 Å². The second-order valence-corrected chi connectivity index (χ2v) is 5.94. The van der Waals surface area contributed by atoms with Crippen LogP contribution < -0.4 is 4.74 Å². The molecule has 25 heavy (non-hydrogen) atoms. The van der Waals surface area contributed by atoms with E-state index in [1.54, 1.807) is 44.4 Å². The molecule has 0 aromatic heterocycles. The topological polar surface area (TPSA) is 76.0 Å². The number of methoxy groups -OCH3 is 1. The quantitative estimate of drug-likeness (QED) is 0.735. The second-order valence-electron chi connectivity index (χ2n) is 5.54. The van der Waals surface area contributed by atoms with Crippen LogP contribution in [0.1, 0.15) is 34.3 Å². The number of hydrogen-bond acceptors (Lipinski definition) is 5. The van der Waals surface area contributed by atoms with Gasteiger partial charge in [-0.2, -0.15) is 0 Å². The Morgan fingerprint density at radius 3 is 2.56 bits per heavy atom. The number of rotatable bonds is 7. The SMILES string of the molecule is CCOC(=O)c1ccc(CC(CO)c2ccc(OC)cc2Cl)c(O)c1. The van der Waals surface area contributed by atoms with Crippen LogP contribution >= 0.6 is 11.6 Å². The fraction of sp³-hybridized carbons (Fsp3) is 0.316. The van der Waals surface area contributed by atoms with Gasteiger partial charge in [-0.05, 0) is 48.7 Å². The molecule has 2 N–H and O–H groups in total. The average Bonchev–Trinajstić information content (AvgIpc) is 2.61. The minimum absolute atomic E-state index is 0.0198. The molecule has 0 aliphatic heterocycles. The Balaban J connectivity index is 2.23. The number of aromatic hydroxyl groups is 1. The lowest BCUT2D eigenvalue weighted by Crippen LogP contribution is -2.10. The summed E-state index contributed by atoms with van der Waals surface area (Å²) in [6.45, 7) is 1.85. The van der Waals surface area contributed by atoms with Gasteiger partial charge >= 0.3 is 5.97 Å². The van der Waals surface area contributed by atoms with Crippen LogP contribution in [0.25, 0.3) is 0 Å². The average molecular weight is 365 g/mol. The van der Waals surface area contributed by atoms with Crippen molar-refractivity contribution in [3.05, 3.63) is 58.1 Å². The van der Waals surface area contributed by atoms with Gasteiger partial charge in [-0.25, -0.2) is 4.79 Å². The van der Waals surface area contributed by atoms with E-state index >= 15 is 0 Å². The lowest BCUT2D eigenvalue weighted by molar-refractivity contribution is 0.0526. The molecule has 0 aliphatic carbocycles. The molecule has 0 amide bonds. The summed E-state index contributed by atoms with van der Waals surface area (Å²) in [5.74, 6) is -0.167. The standard InChI is InChI=1S/C19H21ClO5/c1-3-25-19(23)13-5-4-12(18(22)9-13)8-14(11-21)16-7-6-15(24-2)10-17(16)20/h4-7,9-10,14,21-22H,3,8,11H2,1-2H3. The van der Waals surface area contributed by atoms with E-state index in [9.17, 15) is 15.0 Å². The fourth-order valence-electron chi connectivity index (χ4n) is 2.58. The number of phenols is 1. The Morgan fingerprint density at radius 1 is 1.24 bits per heavy atom. The number of halogens is 1. The molecule has 0 fully saturated rings. The summed E-state index contributed by atoms with van der Waals surface area (Å²) in [4.78, 5) is 11.7. The van der Waals surface area contributed by atoms with Gasteiger partial charge in [-0.15, -0.1) is 0 Å². The lowest BCUT2D eigenvalue weighted by Gasteiger charge is -2.18. The molecule has 0 radical (unpaired) electrons. The molecule has 6 heteroatoms. The highest BCUT2D eigenvalue weighted by atomic mass is 35.5. The van der Waals surface area contributed by atoms with Crippen molar-refractivity contribution >= 4 is 17.6 Å². The Labute approximate surface area is 151 Å². The molecule has 5 nitrogen and oxygen atoms in total. The third-order valence-corrected chi connectivity index (χ3v) is 4.26. The molecule has 0 heterocycles. The molecule has 1 unspecified atom stereocenters. The van der Waals surface area contributed by atoms with E-state index in [1.807, 2.05) is 0 Å². The van der Waals surface area contributed by atoms with Crippen molar-refractivity contribution in [3.63, 3.8) is 0 Å². The number of esters is 1. The molecule has 0 bridgehead atoms. The van der Waals surface area contributed by atoms with Crippen LogP contribution in [0.5, 0.6) is 11.5 Å². The zero-order valence-corrected chi connectivity index (χ0v) is 14.9. The first-order valence-electron chi connectivity index (χ1n) is 7.93. The third kappa shape index (κ3) is 4.65. The molecular formula is C19H21ClO5. The van der Waals surface area contributed by atoms with E-state index in [-0.39, 0.29) is 30.4 Å². The van der Waals surface area contributed by atoms with Crippen LogP contribution in [-0.4, -0.2) is 36.5 Å². The molecule has 0 spiro atoms. The Kier molecular flexibility index (Phi) is 6.67. The van der Waals surface area contributed by atoms with Crippen molar-refractivity contribution in [2.45, 2.75) is 19.3 Å². The summed E-state index contributed by atoms with van der Waals surface area (Å²) in [7, 11) is 1.55. The summed E-state index contributed by atoms with van der Waals surface area (Å²) in [6, 6.07) is 9.87. The largest absolute Gasteiger partial charge is 0.508 e. The minimum atomic E-state index is -0.485. The maximum Gasteiger partial charge on any atom is 0.338 e. The summed E-state index contributed by atoms with van der Waals surface area (Å²) in [5.41, 5.74) is 1.66. The molecule has 0 aliphatic rings. The number of carbonyl (C=O) groups excluding carboxylic acids is 1. The lowest BCUT2D eigenvalue weighted by atomic mass is 9.91. The monoisotopic (exact) mass is 364 g/mol. The molecule has 2 rings (SSSR count). The van der Waals surface area contributed by atoms with E-state index in [0.29, 0.717) is 22.8 Å². The van der Waals surface area contributed by atoms with Crippen LogP contribution in [0, 0.1) is 0 Å². The number of carbonyl (C=O) groups is 1. The smallest absolute Gasteiger partial charge is 0.338 e. The highest BCUT2D eigenvalue weighted by molar-refractivity contribution is 6.31. The van der Waals surface area contributed by atoms with Gasteiger partial charge in [0.25, 0.3) is 0 Å². The Morgan fingerprint density at radius 2 is 2.00 bits per heavy atom. The molecule has 1 atom stereocenters. The van der Waals surface area contributed by atoms with Crippen molar-refractivity contribution in [1.82, 2.24) is 0 Å². The van der Waals surface area contributed by atoms with Gasteiger partial charge in [-0.3, -0.25) is 0 Å². The van der Waals surface area contributed by atoms with Crippen LogP contribution in [0.4, 0.5) is 0 Å². The Bertz CT molecular complexity index is 745. The van der Waals surface area contributed by atoms with Crippen LogP contribution in [0.3, 0.4) is 0 Å². The van der Waals surface area contributed by atoms with Gasteiger partial charge in [0.05, 0.1) is 25.9 Å². The number of aliphatic hydroxyl groups is 1. The van der Waals surface area contributed by atoms with Gasteiger partial charge in [0, 0.05) is 10.9 Å². The van der Waals surface area contributed by atoms with Crippen LogP contribution in [0.15, 0.2) is 36.4 Å². The predicted molar refractivity (Wildman–Crippen MR) is 95.6 cm³/mol. The predicted octanol–water partition coefficient (Wildman–Crippen LogP) is 3.55. The summed E-state index contributed by atoms with van der Waals surface area (Å²) < 4.78 is 10.0. The van der Waals surface area contributed by atoms with Crippen molar-refractivity contribution in [3.8, 4) is 11.5 Å². The summed E-state index contributed by atoms with van der Waals surface area (Å²) >= 11 is 6.27. The van der Waals surface area contributed by atoms with Crippen molar-refractivity contribution in [2.75, 3.05) is 20.3 Å². The van der Waals surface area contributed by atoms with E-state index in [2.05, 4.69) is 0 Å². The normalized spacial score (nSPS) is 11.8. The highest BCUT2D eigenvalue weighted by Gasteiger charge is 2.18. The number of ether oxygens (including phenoxy) is 2. The summed E-state index contributed by atoms with van der Waals surface area (Å²) in [6.07, 6.45) is 0.373. The van der Waals surface area contributed by atoms with E-state index < -0.39 is 5.97 Å². The number of aliphatic hydroxyl groups excluding tert-OH is 1. The first kappa shape index (κ1) is 19.1. The van der Waals surface area contributed by atoms with Gasteiger partial charge in [0.15, 0.2) is 0 Å². The number of hydrogen-bond donors (Lipinski definition) is 2. The number of benzene rings is 2. The zero-order valence-electron chi connectivity index (χ0n) is 14.2. The van der Waals surface area contributed by atoms with E-state index in [1.165, 1.54) is 6.07 Å². The molecule has 134 valence electrons. The molecular weight excluding hydrogens is 344 g/mol. The van der Waals surface area contributed by atoms with Gasteiger partial charge in [0.2, 0.25) is 0 Å². The molecule has 2 aromatic rings. The third-order valence-electron chi connectivity index (χ3n) is 3.93. The van der Waals surface area contributed by atoms with Gasteiger partial charge in [-0.1, -0.05) is 23.7 Å². The van der Waals surface area contributed by atoms with Crippen LogP contribution in [0.2, 0.25) is 5.02 Å². The number of phenolic OH excluding ortho intramolecular Hbond substituents is 1. The van der Waals surface area contributed by atoms with Gasteiger partial charge in [0.1, 0.15) is 11.5 Å². The highest BCUT2D eigenvalue weighted by Crippen LogP contribution is 2.32. The fourth-order valence-corrected chi connectivity index (χ4v) is 2.91. The molecule has 2 aromatic carbocycles. The van der Waals surface area contributed by atoms with Crippen LogP contribution in [-0.2, 0) is 11.2 Å². The maximum absolute atomic E-state index is 11.7. The zero-order chi connectivity index (χ0) is 18.4. The van der Waals surface area contributed by atoms with Crippen molar-refractivity contribution in [1.29, 1.82) is 0 Å². The van der Waals surface area contributed by atoms with E-state index in [4.69, 9.17) is 21.1 Å². The first-order valence-corrected chi connectivity index (χ1v) is 8.31. The molecule has 0 saturated heterocycles. The molecule has 0 saturated carbocycles. The summed E-state index contributed by atoms with van der Waals surface area (Å²) in [5, 5.41) is 20.4. The van der Waals surface area contributed by atoms with E-state index in [0.717, 1.165) is 5.56 Å². The van der Waals surface area contributed by atoms with Gasteiger partial charge < -0.3 is 19.7 Å². The minimum Gasteiger partial charge on any atom is -0.508 e. The first-order chi connectivity index (χ1) is 12.0. The maximum atomic E-state index is 11.7.